The zero-order valence-electron chi connectivity index (χ0n) is 9.65. The van der Waals surface area contributed by atoms with Crippen molar-refractivity contribution in [3.63, 3.8) is 0 Å². The van der Waals surface area contributed by atoms with Gasteiger partial charge in [0.05, 0.1) is 13.2 Å². The number of hydrogen-bond donors (Lipinski definition) is 1. The van der Waals surface area contributed by atoms with E-state index < -0.39 is 23.7 Å². The Bertz CT molecular complexity index is 487. The highest BCUT2D eigenvalue weighted by atomic mass is 19.4. The predicted octanol–water partition coefficient (Wildman–Crippen LogP) is 1.03. The largest absolute Gasteiger partial charge is 0.477 e. The Hall–Kier alpha value is -1.90. The van der Waals surface area contributed by atoms with Crippen molar-refractivity contribution < 1.29 is 27.8 Å². The third kappa shape index (κ3) is 3.11. The van der Waals surface area contributed by atoms with Crippen LogP contribution in [0.5, 0.6) is 0 Å². The SMILES string of the molecule is O=C(O)c1cc(N2CCOCC2)nc(C(F)(F)F)n1. The first-order valence-corrected chi connectivity index (χ1v) is 5.40. The minimum atomic E-state index is -4.79. The third-order valence-electron chi connectivity index (χ3n) is 2.52. The topological polar surface area (TPSA) is 75.5 Å². The molecule has 1 aliphatic heterocycles. The molecule has 0 radical (unpaired) electrons. The highest BCUT2D eigenvalue weighted by Crippen LogP contribution is 2.28. The Morgan fingerprint density at radius 1 is 1.32 bits per heavy atom. The van der Waals surface area contributed by atoms with Crippen molar-refractivity contribution in [1.29, 1.82) is 0 Å². The molecule has 1 N–H and O–H groups in total. The van der Waals surface area contributed by atoms with E-state index in [1.807, 2.05) is 0 Å². The molecule has 9 heteroatoms. The number of halogens is 3. The van der Waals surface area contributed by atoms with Crippen LogP contribution in [0.15, 0.2) is 6.07 Å². The summed E-state index contributed by atoms with van der Waals surface area (Å²) in [5.41, 5.74) is -0.677. The molecule has 1 saturated heterocycles. The third-order valence-corrected chi connectivity index (χ3v) is 2.52. The second kappa shape index (κ2) is 5.00. The average Bonchev–Trinajstić information content (AvgIpc) is 2.38. The van der Waals surface area contributed by atoms with Crippen molar-refractivity contribution in [2.45, 2.75) is 6.18 Å². The van der Waals surface area contributed by atoms with Gasteiger partial charge in [0.1, 0.15) is 5.82 Å². The van der Waals surface area contributed by atoms with E-state index in [-0.39, 0.29) is 5.82 Å². The Morgan fingerprint density at radius 2 is 1.95 bits per heavy atom. The van der Waals surface area contributed by atoms with Crippen LogP contribution in [0, 0.1) is 0 Å². The summed E-state index contributed by atoms with van der Waals surface area (Å²) in [5.74, 6) is -3.03. The summed E-state index contributed by atoms with van der Waals surface area (Å²) >= 11 is 0. The number of aromatic carboxylic acids is 1. The number of nitrogens with zero attached hydrogens (tertiary/aromatic N) is 3. The number of rotatable bonds is 2. The minimum Gasteiger partial charge on any atom is -0.477 e. The van der Waals surface area contributed by atoms with Gasteiger partial charge in [-0.1, -0.05) is 0 Å². The summed E-state index contributed by atoms with van der Waals surface area (Å²) in [6.07, 6.45) is -4.79. The molecule has 0 bridgehead atoms. The van der Waals surface area contributed by atoms with Crippen molar-refractivity contribution in [1.82, 2.24) is 9.97 Å². The van der Waals surface area contributed by atoms with Crippen LogP contribution in [0.2, 0.25) is 0 Å². The van der Waals surface area contributed by atoms with Gasteiger partial charge in [-0.2, -0.15) is 13.2 Å². The fraction of sp³-hybridized carbons (Fsp3) is 0.500. The standard InChI is InChI=1S/C10H10F3N3O3/c11-10(12,13)9-14-6(8(17)18)5-7(15-9)16-1-3-19-4-2-16/h5H,1-4H2,(H,17,18). The quantitative estimate of drug-likeness (QED) is 0.870. The average molecular weight is 277 g/mol. The molecule has 104 valence electrons. The number of ether oxygens (including phenoxy) is 1. The molecule has 6 nitrogen and oxygen atoms in total. The van der Waals surface area contributed by atoms with Crippen LogP contribution in [0.3, 0.4) is 0 Å². The van der Waals surface area contributed by atoms with Gasteiger partial charge in [0, 0.05) is 19.2 Å². The molecule has 0 spiro atoms. The van der Waals surface area contributed by atoms with Crippen molar-refractivity contribution in [3.8, 4) is 0 Å². The lowest BCUT2D eigenvalue weighted by atomic mass is 10.3. The maximum atomic E-state index is 12.6. The smallest absolute Gasteiger partial charge is 0.451 e. The molecule has 2 rings (SSSR count). The van der Waals surface area contributed by atoms with Gasteiger partial charge in [0.2, 0.25) is 5.82 Å². The summed E-state index contributed by atoms with van der Waals surface area (Å²) < 4.78 is 42.9. The zero-order chi connectivity index (χ0) is 14.0. The normalized spacial score (nSPS) is 16.5. The summed E-state index contributed by atoms with van der Waals surface area (Å²) in [5, 5.41) is 8.80. The van der Waals surface area contributed by atoms with Gasteiger partial charge in [-0.05, 0) is 0 Å². The van der Waals surface area contributed by atoms with Gasteiger partial charge >= 0.3 is 12.1 Å². The van der Waals surface area contributed by atoms with E-state index in [4.69, 9.17) is 9.84 Å². The van der Waals surface area contributed by atoms with Crippen LogP contribution < -0.4 is 4.90 Å². The number of alkyl halides is 3. The van der Waals surface area contributed by atoms with E-state index in [1.54, 1.807) is 0 Å². The van der Waals surface area contributed by atoms with Gasteiger partial charge in [0.15, 0.2) is 5.69 Å². The van der Waals surface area contributed by atoms with E-state index in [0.717, 1.165) is 6.07 Å². The molecule has 1 aliphatic rings. The van der Waals surface area contributed by atoms with Crippen molar-refractivity contribution in [3.05, 3.63) is 17.6 Å². The first-order valence-electron chi connectivity index (χ1n) is 5.40. The van der Waals surface area contributed by atoms with E-state index >= 15 is 0 Å². The van der Waals surface area contributed by atoms with Gasteiger partial charge < -0.3 is 14.7 Å². The van der Waals surface area contributed by atoms with E-state index in [0.29, 0.717) is 26.3 Å². The summed E-state index contributed by atoms with van der Waals surface area (Å²) in [6, 6.07) is 1.03. The van der Waals surface area contributed by atoms with E-state index in [1.165, 1.54) is 4.90 Å². The molecule has 0 unspecified atom stereocenters. The summed E-state index contributed by atoms with van der Waals surface area (Å²) in [4.78, 5) is 18.7. The number of carbonyl (C=O) groups is 1. The second-order valence-electron chi connectivity index (χ2n) is 3.84. The molecule has 0 saturated carbocycles. The Kier molecular flexibility index (Phi) is 3.56. The maximum Gasteiger partial charge on any atom is 0.451 e. The van der Waals surface area contributed by atoms with Crippen LogP contribution in [-0.2, 0) is 10.9 Å². The molecular formula is C10H10F3N3O3. The van der Waals surface area contributed by atoms with Gasteiger partial charge in [0.25, 0.3) is 0 Å². The Morgan fingerprint density at radius 3 is 2.47 bits per heavy atom. The van der Waals surface area contributed by atoms with E-state index in [2.05, 4.69) is 9.97 Å². The minimum absolute atomic E-state index is 0.0528. The fourth-order valence-corrected chi connectivity index (χ4v) is 1.63. The molecule has 1 fully saturated rings. The van der Waals surface area contributed by atoms with Crippen LogP contribution in [0.4, 0.5) is 19.0 Å². The highest BCUT2D eigenvalue weighted by Gasteiger charge is 2.36. The fourth-order valence-electron chi connectivity index (χ4n) is 1.63. The lowest BCUT2D eigenvalue weighted by molar-refractivity contribution is -0.145. The number of carboxylic acids is 1. The molecule has 0 aromatic carbocycles. The monoisotopic (exact) mass is 277 g/mol. The number of anilines is 1. The lowest BCUT2D eigenvalue weighted by Crippen LogP contribution is -2.37. The van der Waals surface area contributed by atoms with E-state index in [9.17, 15) is 18.0 Å². The lowest BCUT2D eigenvalue weighted by Gasteiger charge is -2.28. The number of hydrogen-bond acceptors (Lipinski definition) is 5. The van der Waals surface area contributed by atoms with Gasteiger partial charge in [-0.15, -0.1) is 0 Å². The van der Waals surface area contributed by atoms with Crippen molar-refractivity contribution in [2.24, 2.45) is 0 Å². The van der Waals surface area contributed by atoms with Crippen molar-refractivity contribution in [2.75, 3.05) is 31.2 Å². The number of morpholine rings is 1. The molecule has 1 aromatic heterocycles. The van der Waals surface area contributed by atoms with Crippen molar-refractivity contribution >= 4 is 11.8 Å². The predicted molar refractivity (Wildman–Crippen MR) is 57.0 cm³/mol. The first-order chi connectivity index (χ1) is 8.88. The molecule has 2 heterocycles. The Balaban J connectivity index is 2.41. The van der Waals surface area contributed by atoms with Crippen LogP contribution in [0.25, 0.3) is 0 Å². The van der Waals surface area contributed by atoms with Gasteiger partial charge in [-0.3, -0.25) is 0 Å². The molecule has 1 aromatic rings. The molecule has 19 heavy (non-hydrogen) atoms. The molecule has 0 aliphatic carbocycles. The summed E-state index contributed by atoms with van der Waals surface area (Å²) in [6.45, 7) is 1.42. The number of aromatic nitrogens is 2. The van der Waals surface area contributed by atoms with Crippen LogP contribution >= 0.6 is 0 Å². The highest BCUT2D eigenvalue weighted by molar-refractivity contribution is 5.86. The van der Waals surface area contributed by atoms with Crippen LogP contribution in [-0.4, -0.2) is 47.3 Å². The molecule has 0 amide bonds. The van der Waals surface area contributed by atoms with Crippen LogP contribution in [0.1, 0.15) is 16.3 Å². The molecular weight excluding hydrogens is 267 g/mol. The number of carboxylic acid groups (broad SMARTS) is 1. The zero-order valence-corrected chi connectivity index (χ0v) is 9.65. The molecule has 0 atom stereocenters. The second-order valence-corrected chi connectivity index (χ2v) is 3.84. The summed E-state index contributed by atoms with van der Waals surface area (Å²) in [7, 11) is 0. The Labute approximate surface area is 105 Å². The first kappa shape index (κ1) is 13.5. The maximum absolute atomic E-state index is 12.6. The van der Waals surface area contributed by atoms with Gasteiger partial charge in [-0.25, -0.2) is 14.8 Å².